The molecule has 0 spiro atoms. The summed E-state index contributed by atoms with van der Waals surface area (Å²) in [5.41, 5.74) is 0. The summed E-state index contributed by atoms with van der Waals surface area (Å²) in [5.74, 6) is -0.0145. The average molecular weight is 1060 g/mol. The van der Waals surface area contributed by atoms with Crippen LogP contribution >= 0.6 is 0 Å². The minimum absolute atomic E-state index is 0.0197. The molecule has 6 heteroatoms. The summed E-state index contributed by atoms with van der Waals surface area (Å²) in [6.45, 7) is 4.99. The second-order valence-electron chi connectivity index (χ2n) is 23.9. The molecule has 0 rings (SSSR count). The number of hydrogen-bond acceptors (Lipinski definition) is 5. The van der Waals surface area contributed by atoms with Crippen LogP contribution in [0.4, 0.5) is 0 Å². The topological polar surface area (TPSA) is 95.9 Å². The Morgan fingerprint density at radius 1 is 0.360 bits per heavy atom. The summed E-state index contributed by atoms with van der Waals surface area (Å²) < 4.78 is 5.51. The van der Waals surface area contributed by atoms with Gasteiger partial charge in [-0.3, -0.25) is 9.59 Å². The zero-order valence-electron chi connectivity index (χ0n) is 51.1. The normalized spacial score (nSPS) is 12.5. The van der Waals surface area contributed by atoms with Crippen LogP contribution in [0.15, 0.2) is 12.2 Å². The molecule has 3 N–H and O–H groups in total. The van der Waals surface area contributed by atoms with E-state index in [9.17, 15) is 19.8 Å². The number of hydrogen-bond donors (Lipinski definition) is 3. The fourth-order valence-electron chi connectivity index (χ4n) is 11.1. The first-order chi connectivity index (χ1) is 37.0. The van der Waals surface area contributed by atoms with Crippen molar-refractivity contribution in [2.45, 2.75) is 405 Å². The van der Waals surface area contributed by atoms with Gasteiger partial charge in [-0.05, 0) is 51.4 Å². The van der Waals surface area contributed by atoms with Crippen molar-refractivity contribution < 1.29 is 24.5 Å². The van der Waals surface area contributed by atoms with Gasteiger partial charge < -0.3 is 20.3 Å². The molecule has 0 aliphatic rings. The molecule has 0 aliphatic heterocycles. The van der Waals surface area contributed by atoms with Crippen LogP contribution < -0.4 is 5.32 Å². The molecule has 0 aromatic heterocycles. The number of nitrogens with one attached hydrogen (secondary N) is 1. The predicted octanol–water partition coefficient (Wildman–Crippen LogP) is 22.0. The molecule has 0 bridgehead atoms. The average Bonchev–Trinajstić information content (AvgIpc) is 3.41. The first-order valence-corrected chi connectivity index (χ1v) is 34.4. The molecule has 1 amide bonds. The number of aliphatic hydroxyl groups excluding tert-OH is 2. The highest BCUT2D eigenvalue weighted by Crippen LogP contribution is 2.19. The van der Waals surface area contributed by atoms with Crippen LogP contribution in [0.25, 0.3) is 0 Å². The van der Waals surface area contributed by atoms with E-state index in [1.54, 1.807) is 0 Å². The fraction of sp³-hybridized carbons (Fsp3) is 0.942. The van der Waals surface area contributed by atoms with Crippen molar-refractivity contribution in [2.24, 2.45) is 0 Å². The lowest BCUT2D eigenvalue weighted by molar-refractivity contribution is -0.143. The summed E-state index contributed by atoms with van der Waals surface area (Å²) in [4.78, 5) is 24.6. The molecule has 0 aliphatic carbocycles. The van der Waals surface area contributed by atoms with Crippen molar-refractivity contribution in [3.05, 3.63) is 12.2 Å². The molecule has 0 radical (unpaired) electrons. The number of ether oxygens (including phenoxy) is 1. The molecule has 2 atom stereocenters. The maximum Gasteiger partial charge on any atom is 0.305 e. The summed E-state index contributed by atoms with van der Waals surface area (Å²) in [7, 11) is 0. The molecule has 0 fully saturated rings. The van der Waals surface area contributed by atoms with E-state index in [-0.39, 0.29) is 18.5 Å². The quantitative estimate of drug-likeness (QED) is 0.0320. The zero-order chi connectivity index (χ0) is 54.3. The lowest BCUT2D eigenvalue weighted by Crippen LogP contribution is -2.45. The van der Waals surface area contributed by atoms with Gasteiger partial charge in [-0.1, -0.05) is 341 Å². The molecule has 6 nitrogen and oxygen atoms in total. The number of rotatable bonds is 65. The maximum absolute atomic E-state index is 12.5. The highest BCUT2D eigenvalue weighted by Gasteiger charge is 2.20. The SMILES string of the molecule is CCCCCCCCCCCCCCCCCCCCC(=O)OCCCCCCCCCCCCCC/C=C\CCCCCCCCCCCCC(=O)NC(CO)C(O)CCCCCCCCCCCCCCCC. The molecule has 2 unspecified atom stereocenters. The first kappa shape index (κ1) is 73.6. The van der Waals surface area contributed by atoms with E-state index in [2.05, 4.69) is 31.3 Å². The Morgan fingerprint density at radius 3 is 0.947 bits per heavy atom. The van der Waals surface area contributed by atoms with Crippen molar-refractivity contribution in [1.29, 1.82) is 0 Å². The highest BCUT2D eigenvalue weighted by molar-refractivity contribution is 5.76. The third kappa shape index (κ3) is 61.7. The van der Waals surface area contributed by atoms with Gasteiger partial charge in [-0.2, -0.15) is 0 Å². The Morgan fingerprint density at radius 2 is 0.627 bits per heavy atom. The number of carbonyl (C=O) groups is 2. The van der Waals surface area contributed by atoms with Crippen LogP contribution in [-0.2, 0) is 14.3 Å². The van der Waals surface area contributed by atoms with Crippen molar-refractivity contribution >= 4 is 11.9 Å². The molecular weight excluding hydrogens is 923 g/mol. The van der Waals surface area contributed by atoms with E-state index in [0.717, 1.165) is 38.5 Å². The lowest BCUT2D eigenvalue weighted by atomic mass is 10.0. The first-order valence-electron chi connectivity index (χ1n) is 34.4. The van der Waals surface area contributed by atoms with Gasteiger partial charge in [0.25, 0.3) is 0 Å². The molecule has 0 saturated heterocycles. The van der Waals surface area contributed by atoms with Crippen LogP contribution in [0, 0.1) is 0 Å². The van der Waals surface area contributed by atoms with E-state index in [0.29, 0.717) is 25.9 Å². The van der Waals surface area contributed by atoms with Gasteiger partial charge in [-0.25, -0.2) is 0 Å². The number of carbonyl (C=O) groups excluding carboxylic acids is 2. The fourth-order valence-corrected chi connectivity index (χ4v) is 11.1. The second kappa shape index (κ2) is 65.1. The van der Waals surface area contributed by atoms with Gasteiger partial charge in [0.15, 0.2) is 0 Å². The minimum Gasteiger partial charge on any atom is -0.466 e. The minimum atomic E-state index is -0.664. The van der Waals surface area contributed by atoms with Gasteiger partial charge in [-0.15, -0.1) is 0 Å². The van der Waals surface area contributed by atoms with Gasteiger partial charge >= 0.3 is 5.97 Å². The smallest absolute Gasteiger partial charge is 0.305 e. The highest BCUT2D eigenvalue weighted by atomic mass is 16.5. The van der Waals surface area contributed by atoms with E-state index in [1.807, 2.05) is 0 Å². The molecule has 0 saturated carbocycles. The van der Waals surface area contributed by atoms with Crippen LogP contribution in [-0.4, -0.2) is 47.4 Å². The van der Waals surface area contributed by atoms with Crippen LogP contribution in [0.1, 0.15) is 393 Å². The predicted molar refractivity (Wildman–Crippen MR) is 329 cm³/mol. The molecule has 0 aromatic carbocycles. The third-order valence-corrected chi connectivity index (χ3v) is 16.3. The Balaban J connectivity index is 3.35. The van der Waals surface area contributed by atoms with Crippen molar-refractivity contribution in [1.82, 2.24) is 5.32 Å². The van der Waals surface area contributed by atoms with Crippen molar-refractivity contribution in [2.75, 3.05) is 13.2 Å². The summed E-state index contributed by atoms with van der Waals surface area (Å²) in [5, 5.41) is 23.3. The van der Waals surface area contributed by atoms with Gasteiger partial charge in [0.05, 0.1) is 25.4 Å². The van der Waals surface area contributed by atoms with E-state index in [1.165, 1.54) is 321 Å². The second-order valence-corrected chi connectivity index (χ2v) is 23.9. The van der Waals surface area contributed by atoms with Crippen LogP contribution in [0.2, 0.25) is 0 Å². The summed E-state index contributed by atoms with van der Waals surface area (Å²) in [6.07, 6.45) is 79.7. The van der Waals surface area contributed by atoms with Crippen LogP contribution in [0.5, 0.6) is 0 Å². The van der Waals surface area contributed by atoms with Gasteiger partial charge in [0, 0.05) is 12.8 Å². The van der Waals surface area contributed by atoms with Crippen molar-refractivity contribution in [3.63, 3.8) is 0 Å². The number of unbranched alkanes of at least 4 members (excludes halogenated alkanes) is 52. The number of aliphatic hydroxyl groups is 2. The molecule has 446 valence electrons. The third-order valence-electron chi connectivity index (χ3n) is 16.3. The zero-order valence-corrected chi connectivity index (χ0v) is 51.1. The van der Waals surface area contributed by atoms with E-state index in [4.69, 9.17) is 4.74 Å². The standard InChI is InChI=1S/C69H135NO5/c1-3-5-7-9-11-13-15-17-19-20-32-35-39-43-47-51-55-59-63-69(74)75-64-60-56-52-48-44-40-36-33-30-28-26-24-22-21-23-25-27-29-31-34-38-42-46-50-54-58-62-68(73)70-66(65-71)67(72)61-57-53-49-45-41-37-18-16-14-12-10-8-6-4-2/h21,23,66-67,71-72H,3-20,22,24-65H2,1-2H3,(H,70,73)/b23-21-. The number of amides is 1. The Hall–Kier alpha value is -1.40. The molecular formula is C69H135NO5. The lowest BCUT2D eigenvalue weighted by Gasteiger charge is -2.22. The Kier molecular flexibility index (Phi) is 63.9. The van der Waals surface area contributed by atoms with E-state index < -0.39 is 12.1 Å². The van der Waals surface area contributed by atoms with Crippen LogP contribution in [0.3, 0.4) is 0 Å². The molecule has 0 aromatic rings. The number of esters is 1. The monoisotopic (exact) mass is 1060 g/mol. The summed E-state index contributed by atoms with van der Waals surface area (Å²) >= 11 is 0. The van der Waals surface area contributed by atoms with Gasteiger partial charge in [0.2, 0.25) is 5.91 Å². The summed E-state index contributed by atoms with van der Waals surface area (Å²) in [6, 6.07) is -0.542. The Bertz CT molecular complexity index is 1130. The largest absolute Gasteiger partial charge is 0.466 e. The van der Waals surface area contributed by atoms with Crippen molar-refractivity contribution in [3.8, 4) is 0 Å². The molecule has 0 heterocycles. The van der Waals surface area contributed by atoms with Gasteiger partial charge in [0.1, 0.15) is 0 Å². The molecule has 75 heavy (non-hydrogen) atoms. The van der Waals surface area contributed by atoms with E-state index >= 15 is 0 Å². The maximum atomic E-state index is 12.5. The number of allylic oxidation sites excluding steroid dienone is 2. The Labute approximate surface area is 469 Å².